The highest BCUT2D eigenvalue weighted by Gasteiger charge is 2.46. The number of rotatable bonds is 4. The zero-order valence-electron chi connectivity index (χ0n) is 15.3. The molecule has 0 radical (unpaired) electrons. The molecule has 2 aliphatic rings. The van der Waals surface area contributed by atoms with E-state index in [2.05, 4.69) is 4.74 Å². The zero-order valence-corrected chi connectivity index (χ0v) is 16.0. The van der Waals surface area contributed by atoms with Gasteiger partial charge in [-0.15, -0.1) is 13.2 Å². The van der Waals surface area contributed by atoms with Crippen LogP contribution in [-0.4, -0.2) is 24.0 Å². The fourth-order valence-electron chi connectivity index (χ4n) is 3.91. The molecule has 0 saturated heterocycles. The molecule has 1 N–H and O–H groups in total. The number of ether oxygens (including phenoxy) is 1. The van der Waals surface area contributed by atoms with E-state index < -0.39 is 40.7 Å². The normalized spacial score (nSPS) is 20.7. The van der Waals surface area contributed by atoms with E-state index in [0.717, 1.165) is 12.1 Å². The third-order valence-corrected chi connectivity index (χ3v) is 5.70. The lowest BCUT2D eigenvalue weighted by Gasteiger charge is -2.32. The number of benzene rings is 2. The van der Waals surface area contributed by atoms with Gasteiger partial charge in [0.2, 0.25) is 0 Å². The van der Waals surface area contributed by atoms with E-state index >= 15 is 0 Å². The number of nitrogens with zero attached hydrogens (tertiary/aromatic N) is 1. The Bertz CT molecular complexity index is 1030. The van der Waals surface area contributed by atoms with Crippen molar-refractivity contribution in [3.63, 3.8) is 0 Å². The molecule has 30 heavy (non-hydrogen) atoms. The van der Waals surface area contributed by atoms with Crippen LogP contribution < -0.4 is 9.64 Å². The first-order valence-electron chi connectivity index (χ1n) is 9.08. The molecule has 4 nitrogen and oxygen atoms in total. The van der Waals surface area contributed by atoms with Crippen molar-refractivity contribution in [3.8, 4) is 5.75 Å². The van der Waals surface area contributed by atoms with Crippen LogP contribution in [0.15, 0.2) is 24.3 Å². The van der Waals surface area contributed by atoms with E-state index in [-0.39, 0.29) is 31.1 Å². The van der Waals surface area contributed by atoms with Gasteiger partial charge in [0.15, 0.2) is 5.82 Å². The second-order valence-electron chi connectivity index (χ2n) is 7.35. The lowest BCUT2D eigenvalue weighted by molar-refractivity contribution is -0.274. The highest BCUT2D eigenvalue weighted by atomic mass is 35.5. The summed E-state index contributed by atoms with van der Waals surface area (Å²) in [4.78, 5) is 12.5. The van der Waals surface area contributed by atoms with Crippen LogP contribution in [0.5, 0.6) is 5.75 Å². The SMILES string of the molecule is O=C(O)[C@@H]1C[C@H]1c1ccc2c(c1F)CCN(c1cc(OC(F)(F)F)cc(Cl)c1F)C2. The summed E-state index contributed by atoms with van der Waals surface area (Å²) < 4.78 is 70.9. The molecule has 1 saturated carbocycles. The second-order valence-corrected chi connectivity index (χ2v) is 7.76. The Labute approximate surface area is 172 Å². The van der Waals surface area contributed by atoms with Crippen molar-refractivity contribution in [2.45, 2.75) is 31.7 Å². The topological polar surface area (TPSA) is 49.8 Å². The first kappa shape index (κ1) is 20.7. The molecule has 0 spiro atoms. The van der Waals surface area contributed by atoms with E-state index in [1.165, 1.54) is 11.0 Å². The highest BCUT2D eigenvalue weighted by molar-refractivity contribution is 6.31. The number of halogens is 6. The van der Waals surface area contributed by atoms with Gasteiger partial charge in [0.1, 0.15) is 11.6 Å². The van der Waals surface area contributed by atoms with Gasteiger partial charge in [0.25, 0.3) is 0 Å². The summed E-state index contributed by atoms with van der Waals surface area (Å²) in [5.41, 5.74) is 1.14. The van der Waals surface area contributed by atoms with Crippen LogP contribution in [0.1, 0.15) is 29.0 Å². The second kappa shape index (κ2) is 7.30. The minimum Gasteiger partial charge on any atom is -0.481 e. The van der Waals surface area contributed by atoms with Crippen LogP contribution in [0.3, 0.4) is 0 Å². The quantitative estimate of drug-likeness (QED) is 0.649. The average Bonchev–Trinajstić information content (AvgIpc) is 3.44. The lowest BCUT2D eigenvalue weighted by Crippen LogP contribution is -2.32. The molecule has 1 aliphatic heterocycles. The minimum absolute atomic E-state index is 0.0578. The number of fused-ring (bicyclic) bond motifs is 1. The molecule has 2 aromatic carbocycles. The number of alkyl halides is 3. The van der Waals surface area contributed by atoms with Crippen molar-refractivity contribution in [3.05, 3.63) is 57.6 Å². The summed E-state index contributed by atoms with van der Waals surface area (Å²) in [7, 11) is 0. The molecule has 0 aromatic heterocycles. The summed E-state index contributed by atoms with van der Waals surface area (Å²) in [6.07, 6.45) is -4.39. The zero-order chi connectivity index (χ0) is 21.8. The van der Waals surface area contributed by atoms with E-state index in [1.54, 1.807) is 6.07 Å². The van der Waals surface area contributed by atoms with Crippen LogP contribution >= 0.6 is 11.6 Å². The Morgan fingerprint density at radius 2 is 1.93 bits per heavy atom. The number of aliphatic carboxylic acids is 1. The maximum Gasteiger partial charge on any atom is 0.573 e. The van der Waals surface area contributed by atoms with Gasteiger partial charge in [-0.05, 0) is 29.5 Å². The number of hydrogen-bond acceptors (Lipinski definition) is 3. The molecule has 2 aromatic rings. The molecular weight excluding hydrogens is 433 g/mol. The molecular formula is C20H15ClF5NO3. The standard InChI is InChI=1S/C20H15ClF5NO3/c21-15-5-10(30-20(24,25)26)6-16(18(15)23)27-4-3-11-9(8-27)1-2-12(17(11)22)13-7-14(13)19(28)29/h1-2,5-6,13-14H,3-4,7-8H2,(H,28,29)/t13-,14+/m0/s1. The van der Waals surface area contributed by atoms with Gasteiger partial charge in [-0.25, -0.2) is 8.78 Å². The van der Waals surface area contributed by atoms with E-state index in [4.69, 9.17) is 16.7 Å². The minimum atomic E-state index is -4.96. The summed E-state index contributed by atoms with van der Waals surface area (Å²) >= 11 is 5.74. The fourth-order valence-corrected chi connectivity index (χ4v) is 4.11. The maximum absolute atomic E-state index is 15.0. The number of anilines is 1. The Morgan fingerprint density at radius 3 is 2.57 bits per heavy atom. The van der Waals surface area contributed by atoms with Crippen LogP contribution in [0.2, 0.25) is 5.02 Å². The van der Waals surface area contributed by atoms with Gasteiger partial charge in [-0.1, -0.05) is 23.7 Å². The number of carbonyl (C=O) groups is 1. The van der Waals surface area contributed by atoms with Crippen molar-refractivity contribution in [1.82, 2.24) is 0 Å². The average molecular weight is 448 g/mol. The van der Waals surface area contributed by atoms with Crippen molar-refractivity contribution in [2.75, 3.05) is 11.4 Å². The van der Waals surface area contributed by atoms with Gasteiger partial charge < -0.3 is 14.7 Å². The van der Waals surface area contributed by atoms with E-state index in [0.29, 0.717) is 23.1 Å². The lowest BCUT2D eigenvalue weighted by atomic mass is 9.94. The number of carboxylic acid groups (broad SMARTS) is 1. The highest BCUT2D eigenvalue weighted by Crippen LogP contribution is 2.49. The van der Waals surface area contributed by atoms with Crippen molar-refractivity contribution < 1.29 is 36.6 Å². The Balaban J connectivity index is 1.61. The smallest absolute Gasteiger partial charge is 0.481 e. The Hall–Kier alpha value is -2.55. The molecule has 1 heterocycles. The molecule has 0 bridgehead atoms. The van der Waals surface area contributed by atoms with Crippen LogP contribution in [0.4, 0.5) is 27.6 Å². The summed E-state index contributed by atoms with van der Waals surface area (Å²) in [5.74, 6) is -3.92. The molecule has 0 amide bonds. The summed E-state index contributed by atoms with van der Waals surface area (Å²) in [6, 6.07) is 4.82. The monoisotopic (exact) mass is 447 g/mol. The molecule has 160 valence electrons. The molecule has 4 rings (SSSR count). The van der Waals surface area contributed by atoms with Gasteiger partial charge in [0.05, 0.1) is 16.6 Å². The first-order valence-corrected chi connectivity index (χ1v) is 9.45. The first-order chi connectivity index (χ1) is 14.0. The number of hydrogen-bond donors (Lipinski definition) is 1. The molecule has 2 atom stereocenters. The van der Waals surface area contributed by atoms with Crippen molar-refractivity contribution in [1.29, 1.82) is 0 Å². The van der Waals surface area contributed by atoms with E-state index in [1.807, 2.05) is 0 Å². The van der Waals surface area contributed by atoms with Gasteiger partial charge >= 0.3 is 12.3 Å². The molecule has 1 fully saturated rings. The maximum atomic E-state index is 15.0. The summed E-state index contributed by atoms with van der Waals surface area (Å²) in [5, 5.41) is 8.54. The molecule has 1 aliphatic carbocycles. The van der Waals surface area contributed by atoms with Crippen LogP contribution in [-0.2, 0) is 17.8 Å². The van der Waals surface area contributed by atoms with Gasteiger partial charge in [0, 0.05) is 31.1 Å². The number of carboxylic acids is 1. The van der Waals surface area contributed by atoms with Crippen LogP contribution in [0, 0.1) is 17.6 Å². The fraction of sp³-hybridized carbons (Fsp3) is 0.350. The molecule has 10 heteroatoms. The van der Waals surface area contributed by atoms with Crippen LogP contribution in [0.25, 0.3) is 0 Å². The van der Waals surface area contributed by atoms with Gasteiger partial charge in [-0.3, -0.25) is 4.79 Å². The largest absolute Gasteiger partial charge is 0.573 e. The Morgan fingerprint density at radius 1 is 1.20 bits per heavy atom. The summed E-state index contributed by atoms with van der Waals surface area (Å²) in [6.45, 7) is 0.200. The van der Waals surface area contributed by atoms with Gasteiger partial charge in [-0.2, -0.15) is 0 Å². The molecule has 0 unspecified atom stereocenters. The predicted molar refractivity (Wildman–Crippen MR) is 97.7 cm³/mol. The third-order valence-electron chi connectivity index (χ3n) is 5.43. The predicted octanol–water partition coefficient (Wildman–Crippen LogP) is 5.27. The van der Waals surface area contributed by atoms with Crippen molar-refractivity contribution >= 4 is 23.3 Å². The van der Waals surface area contributed by atoms with Crippen molar-refractivity contribution in [2.24, 2.45) is 5.92 Å². The van der Waals surface area contributed by atoms with E-state index in [9.17, 15) is 26.7 Å². The third kappa shape index (κ3) is 3.90. The Kier molecular flexibility index (Phi) is 5.04.